The molecule has 5 rings (SSSR count). The molecule has 2 N–H and O–H groups in total. The van der Waals surface area contributed by atoms with Crippen LogP contribution in [0.25, 0.3) is 10.9 Å². The third-order valence-electron chi connectivity index (χ3n) is 6.81. The number of methoxy groups -OCH3 is 1. The van der Waals surface area contributed by atoms with Crippen molar-refractivity contribution < 1.29 is 41.7 Å². The van der Waals surface area contributed by atoms with Gasteiger partial charge in [-0.05, 0) is 67.8 Å². The summed E-state index contributed by atoms with van der Waals surface area (Å²) >= 11 is 5.65. The number of hydrogen-bond acceptors (Lipinski definition) is 7. The summed E-state index contributed by atoms with van der Waals surface area (Å²) in [6, 6.07) is 12.4. The van der Waals surface area contributed by atoms with Gasteiger partial charge in [0.05, 0.1) is 28.1 Å². The molecule has 0 saturated carbocycles. The molecular formula is C32H31ClF3N3O6. The first-order chi connectivity index (χ1) is 21.7. The number of anilines is 2. The Hall–Kier alpha value is -4.42. The molecule has 0 atom stereocenters. The standard InChI is InChI=1S/C32H31ClF3N3O6/c1-41-14-4-2-3-5-15-42-27-19-25-28(30-29(27)43-16-17-44-30)26(12-13-37-25)45-22-9-6-20(7-10-22)38-31(40)39-21-8-11-24(33)23(18-21)32(34,35)36/h6-13,18-19H,2-5,14-17H2,1H3,(H2,38,39,40). The van der Waals surface area contributed by atoms with Crippen LogP contribution < -0.4 is 29.6 Å². The number of pyridine rings is 1. The van der Waals surface area contributed by atoms with Gasteiger partial charge in [0.2, 0.25) is 5.75 Å². The van der Waals surface area contributed by atoms with Gasteiger partial charge < -0.3 is 34.3 Å². The second kappa shape index (κ2) is 14.6. The van der Waals surface area contributed by atoms with Crippen LogP contribution in [-0.4, -0.2) is 44.6 Å². The number of nitrogens with zero attached hydrogens (tertiary/aromatic N) is 1. The number of urea groups is 1. The fourth-order valence-corrected chi connectivity index (χ4v) is 4.92. The van der Waals surface area contributed by atoms with Gasteiger partial charge >= 0.3 is 12.2 Å². The minimum Gasteiger partial charge on any atom is -0.489 e. The molecular weight excluding hydrogens is 615 g/mol. The highest BCUT2D eigenvalue weighted by Crippen LogP contribution is 2.48. The maximum Gasteiger partial charge on any atom is 0.417 e. The number of alkyl halides is 3. The first-order valence-corrected chi connectivity index (χ1v) is 14.7. The van der Waals surface area contributed by atoms with Crippen LogP contribution in [0.5, 0.6) is 28.7 Å². The van der Waals surface area contributed by atoms with Crippen LogP contribution in [-0.2, 0) is 10.9 Å². The summed E-state index contributed by atoms with van der Waals surface area (Å²) in [6.45, 7) is 2.01. The molecule has 2 heterocycles. The van der Waals surface area contributed by atoms with Crippen molar-refractivity contribution in [3.8, 4) is 28.7 Å². The van der Waals surface area contributed by atoms with E-state index in [4.69, 9.17) is 35.3 Å². The monoisotopic (exact) mass is 645 g/mol. The third kappa shape index (κ3) is 8.20. The fourth-order valence-electron chi connectivity index (χ4n) is 4.70. The van der Waals surface area contributed by atoms with E-state index in [-0.39, 0.29) is 5.69 Å². The SMILES string of the molecule is COCCCCCCOc1cc2nccc(Oc3ccc(NC(=O)Nc4ccc(Cl)c(C(F)(F)F)c4)cc3)c2c2c1OCCO2. The van der Waals surface area contributed by atoms with Gasteiger partial charge in [0.25, 0.3) is 0 Å². The Morgan fingerprint density at radius 3 is 2.31 bits per heavy atom. The van der Waals surface area contributed by atoms with Crippen molar-refractivity contribution in [1.82, 2.24) is 4.98 Å². The lowest BCUT2D eigenvalue weighted by atomic mass is 10.1. The lowest BCUT2D eigenvalue weighted by molar-refractivity contribution is -0.137. The molecule has 0 aliphatic carbocycles. The Morgan fingerprint density at radius 1 is 0.889 bits per heavy atom. The predicted molar refractivity (Wildman–Crippen MR) is 164 cm³/mol. The zero-order chi connectivity index (χ0) is 31.8. The minimum atomic E-state index is -4.65. The topological polar surface area (TPSA) is 100 Å². The molecule has 0 spiro atoms. The molecule has 1 aliphatic heterocycles. The van der Waals surface area contributed by atoms with Crippen LogP contribution >= 0.6 is 11.6 Å². The Balaban J connectivity index is 1.26. The number of hydrogen-bond donors (Lipinski definition) is 2. The van der Waals surface area contributed by atoms with Gasteiger partial charge in [-0.25, -0.2) is 4.79 Å². The molecule has 0 radical (unpaired) electrons. The number of carbonyl (C=O) groups is 1. The summed E-state index contributed by atoms with van der Waals surface area (Å²) < 4.78 is 68.7. The van der Waals surface area contributed by atoms with Crippen LogP contribution in [0, 0.1) is 0 Å². The second-order valence-electron chi connectivity index (χ2n) is 10.1. The predicted octanol–water partition coefficient (Wildman–Crippen LogP) is 8.70. The number of fused-ring (bicyclic) bond motifs is 3. The molecule has 0 unspecified atom stereocenters. The summed E-state index contributed by atoms with van der Waals surface area (Å²) in [5, 5.41) is 5.12. The lowest BCUT2D eigenvalue weighted by Crippen LogP contribution is -2.19. The number of aromatic nitrogens is 1. The molecule has 0 bridgehead atoms. The molecule has 1 aliphatic rings. The fraction of sp³-hybridized carbons (Fsp3) is 0.312. The first-order valence-electron chi connectivity index (χ1n) is 14.3. The average molecular weight is 646 g/mol. The number of unbranched alkanes of at least 4 members (excludes halogenated alkanes) is 3. The molecule has 2 amide bonds. The normalized spacial score (nSPS) is 12.6. The Bertz CT molecular complexity index is 1640. The van der Waals surface area contributed by atoms with Crippen molar-refractivity contribution in [3.05, 3.63) is 71.4 Å². The van der Waals surface area contributed by atoms with Crippen LogP contribution in [0.15, 0.2) is 60.8 Å². The maximum atomic E-state index is 13.1. The zero-order valence-corrected chi connectivity index (χ0v) is 25.1. The van der Waals surface area contributed by atoms with Crippen LogP contribution in [0.2, 0.25) is 5.02 Å². The van der Waals surface area contributed by atoms with Gasteiger partial charge in [-0.1, -0.05) is 18.0 Å². The number of amides is 2. The van der Waals surface area contributed by atoms with Gasteiger partial charge in [-0.2, -0.15) is 13.2 Å². The number of benzene rings is 3. The molecule has 45 heavy (non-hydrogen) atoms. The number of nitrogens with one attached hydrogen (secondary N) is 2. The van der Waals surface area contributed by atoms with Gasteiger partial charge in [0, 0.05) is 37.4 Å². The Kier molecular flexibility index (Phi) is 10.4. The van der Waals surface area contributed by atoms with Crippen molar-refractivity contribution in [3.63, 3.8) is 0 Å². The van der Waals surface area contributed by atoms with Crippen molar-refractivity contribution in [2.24, 2.45) is 0 Å². The Labute approximate surface area is 262 Å². The maximum absolute atomic E-state index is 13.1. The van der Waals surface area contributed by atoms with E-state index < -0.39 is 22.8 Å². The van der Waals surface area contributed by atoms with E-state index in [1.807, 2.05) is 6.07 Å². The molecule has 0 saturated heterocycles. The molecule has 238 valence electrons. The Morgan fingerprint density at radius 2 is 1.58 bits per heavy atom. The van der Waals surface area contributed by atoms with Crippen LogP contribution in [0.1, 0.15) is 31.2 Å². The minimum absolute atomic E-state index is 0.0604. The molecule has 9 nitrogen and oxygen atoms in total. The summed E-state index contributed by atoms with van der Waals surface area (Å²) in [6.07, 6.45) is 0.958. The van der Waals surface area contributed by atoms with Gasteiger partial charge in [-0.15, -0.1) is 0 Å². The summed E-state index contributed by atoms with van der Waals surface area (Å²) in [5.74, 6) is 2.48. The smallest absolute Gasteiger partial charge is 0.417 e. The molecule has 4 aromatic rings. The highest BCUT2D eigenvalue weighted by Gasteiger charge is 2.33. The van der Waals surface area contributed by atoms with E-state index in [1.165, 1.54) is 6.07 Å². The van der Waals surface area contributed by atoms with E-state index in [1.54, 1.807) is 43.6 Å². The average Bonchev–Trinajstić information content (AvgIpc) is 3.02. The van der Waals surface area contributed by atoms with Crippen LogP contribution in [0.3, 0.4) is 0 Å². The molecule has 13 heteroatoms. The highest BCUT2D eigenvalue weighted by atomic mass is 35.5. The molecule has 1 aromatic heterocycles. The van der Waals surface area contributed by atoms with E-state index >= 15 is 0 Å². The van der Waals surface area contributed by atoms with Crippen molar-refractivity contribution >= 4 is 39.9 Å². The zero-order valence-electron chi connectivity index (χ0n) is 24.3. The van der Waals surface area contributed by atoms with E-state index in [0.717, 1.165) is 44.4 Å². The number of halogens is 4. The van der Waals surface area contributed by atoms with Crippen molar-refractivity contribution in [2.45, 2.75) is 31.9 Å². The van der Waals surface area contributed by atoms with Gasteiger partial charge in [0.1, 0.15) is 24.7 Å². The summed E-state index contributed by atoms with van der Waals surface area (Å²) in [5.41, 5.74) is -0.106. The third-order valence-corrected chi connectivity index (χ3v) is 7.14. The summed E-state index contributed by atoms with van der Waals surface area (Å²) in [7, 11) is 1.70. The number of rotatable bonds is 12. The largest absolute Gasteiger partial charge is 0.489 e. The van der Waals surface area contributed by atoms with E-state index in [9.17, 15) is 18.0 Å². The highest BCUT2D eigenvalue weighted by molar-refractivity contribution is 6.31. The molecule has 0 fully saturated rings. The van der Waals surface area contributed by atoms with Crippen LogP contribution in [0.4, 0.5) is 29.3 Å². The lowest BCUT2D eigenvalue weighted by Gasteiger charge is -2.23. The second-order valence-corrected chi connectivity index (χ2v) is 10.5. The quantitative estimate of drug-likeness (QED) is 0.149. The van der Waals surface area contributed by atoms with Gasteiger partial charge in [0.15, 0.2) is 11.5 Å². The summed E-state index contributed by atoms with van der Waals surface area (Å²) in [4.78, 5) is 16.9. The number of ether oxygens (including phenoxy) is 5. The number of carbonyl (C=O) groups excluding carboxylic acids is 1. The van der Waals surface area contributed by atoms with E-state index in [0.29, 0.717) is 65.2 Å². The van der Waals surface area contributed by atoms with E-state index in [2.05, 4.69) is 15.6 Å². The van der Waals surface area contributed by atoms with Crippen molar-refractivity contribution in [2.75, 3.05) is 44.2 Å². The first kappa shape index (κ1) is 32.0. The van der Waals surface area contributed by atoms with Gasteiger partial charge in [-0.3, -0.25) is 4.98 Å². The van der Waals surface area contributed by atoms with Crippen molar-refractivity contribution in [1.29, 1.82) is 0 Å². The molecule has 3 aromatic carbocycles.